The van der Waals surface area contributed by atoms with Gasteiger partial charge in [-0.2, -0.15) is 0 Å². The minimum atomic E-state index is -0.591. The molecule has 1 aromatic carbocycles. The highest BCUT2D eigenvalue weighted by molar-refractivity contribution is 9.10. The molecule has 0 aliphatic carbocycles. The molecule has 0 amide bonds. The van der Waals surface area contributed by atoms with Crippen molar-refractivity contribution in [3.8, 4) is 5.75 Å². The van der Waals surface area contributed by atoms with Gasteiger partial charge >= 0.3 is 0 Å². The summed E-state index contributed by atoms with van der Waals surface area (Å²) in [5, 5.41) is 10.0. The standard InChI is InChI=1S/C15H16BrNO2/c1-11-5-7-17-14(9-11)15(18)6-8-19-13-4-2-3-12(16)10-13/h2-5,7,9-10,15,18H,6,8H2,1H3. The van der Waals surface area contributed by atoms with E-state index in [9.17, 15) is 5.11 Å². The van der Waals surface area contributed by atoms with Crippen molar-refractivity contribution in [1.29, 1.82) is 0 Å². The average molecular weight is 322 g/mol. The molecule has 2 aromatic rings. The van der Waals surface area contributed by atoms with Crippen molar-refractivity contribution < 1.29 is 9.84 Å². The minimum absolute atomic E-state index is 0.452. The molecule has 4 heteroatoms. The Bertz CT molecular complexity index is 545. The molecule has 0 radical (unpaired) electrons. The number of rotatable bonds is 5. The molecule has 0 bridgehead atoms. The Morgan fingerprint density at radius 2 is 2.16 bits per heavy atom. The Hall–Kier alpha value is -1.39. The molecule has 0 spiro atoms. The summed E-state index contributed by atoms with van der Waals surface area (Å²) in [6.07, 6.45) is 1.64. The SMILES string of the molecule is Cc1ccnc(C(O)CCOc2cccc(Br)c2)c1. The van der Waals surface area contributed by atoms with Gasteiger partial charge in [-0.05, 0) is 42.8 Å². The summed E-state index contributed by atoms with van der Waals surface area (Å²) in [5.74, 6) is 0.791. The molecule has 1 N–H and O–H groups in total. The van der Waals surface area contributed by atoms with Gasteiger partial charge in [0, 0.05) is 17.1 Å². The van der Waals surface area contributed by atoms with Crippen LogP contribution in [0.4, 0.5) is 0 Å². The van der Waals surface area contributed by atoms with Gasteiger partial charge in [0.25, 0.3) is 0 Å². The van der Waals surface area contributed by atoms with Crippen LogP contribution in [0, 0.1) is 6.92 Å². The molecular weight excluding hydrogens is 306 g/mol. The van der Waals surface area contributed by atoms with Crippen LogP contribution in [0.15, 0.2) is 47.1 Å². The van der Waals surface area contributed by atoms with Crippen LogP contribution in [0.1, 0.15) is 23.8 Å². The molecule has 0 aliphatic rings. The molecular formula is C15H16BrNO2. The van der Waals surface area contributed by atoms with Crippen molar-refractivity contribution in [2.75, 3.05) is 6.61 Å². The number of nitrogens with zero attached hydrogens (tertiary/aromatic N) is 1. The monoisotopic (exact) mass is 321 g/mol. The molecule has 100 valence electrons. The van der Waals surface area contributed by atoms with Crippen molar-refractivity contribution in [2.24, 2.45) is 0 Å². The van der Waals surface area contributed by atoms with E-state index in [2.05, 4.69) is 20.9 Å². The maximum Gasteiger partial charge on any atom is 0.120 e. The van der Waals surface area contributed by atoms with Crippen LogP contribution < -0.4 is 4.74 Å². The zero-order chi connectivity index (χ0) is 13.7. The van der Waals surface area contributed by atoms with E-state index < -0.39 is 6.10 Å². The second-order valence-corrected chi connectivity index (χ2v) is 5.28. The van der Waals surface area contributed by atoms with Crippen LogP contribution in [0.5, 0.6) is 5.75 Å². The first-order valence-corrected chi connectivity index (χ1v) is 6.93. The molecule has 1 unspecified atom stereocenters. The third-order valence-corrected chi connectivity index (χ3v) is 3.23. The number of hydrogen-bond acceptors (Lipinski definition) is 3. The number of halogens is 1. The van der Waals surface area contributed by atoms with E-state index in [1.165, 1.54) is 0 Å². The van der Waals surface area contributed by atoms with Gasteiger partial charge < -0.3 is 9.84 Å². The van der Waals surface area contributed by atoms with Gasteiger partial charge in [-0.15, -0.1) is 0 Å². The fourth-order valence-electron chi connectivity index (χ4n) is 1.73. The van der Waals surface area contributed by atoms with E-state index in [0.29, 0.717) is 18.7 Å². The summed E-state index contributed by atoms with van der Waals surface area (Å²) >= 11 is 3.39. The maximum atomic E-state index is 10.0. The number of benzene rings is 1. The largest absolute Gasteiger partial charge is 0.493 e. The number of ether oxygens (including phenoxy) is 1. The zero-order valence-corrected chi connectivity index (χ0v) is 12.3. The predicted molar refractivity (Wildman–Crippen MR) is 78.2 cm³/mol. The Morgan fingerprint density at radius 1 is 1.32 bits per heavy atom. The summed E-state index contributed by atoms with van der Waals surface area (Å²) in [4.78, 5) is 4.17. The van der Waals surface area contributed by atoms with Gasteiger partial charge in [0.2, 0.25) is 0 Å². The smallest absolute Gasteiger partial charge is 0.120 e. The second-order valence-electron chi connectivity index (χ2n) is 4.37. The topological polar surface area (TPSA) is 42.4 Å². The van der Waals surface area contributed by atoms with Gasteiger partial charge in [-0.3, -0.25) is 4.98 Å². The van der Waals surface area contributed by atoms with Gasteiger partial charge in [-0.25, -0.2) is 0 Å². The average Bonchev–Trinajstić information content (AvgIpc) is 2.38. The van der Waals surface area contributed by atoms with E-state index in [4.69, 9.17) is 4.74 Å². The van der Waals surface area contributed by atoms with Gasteiger partial charge in [0.1, 0.15) is 5.75 Å². The Labute approximate surface area is 121 Å². The highest BCUT2D eigenvalue weighted by Gasteiger charge is 2.09. The Morgan fingerprint density at radius 3 is 2.89 bits per heavy atom. The third-order valence-electron chi connectivity index (χ3n) is 2.73. The molecule has 0 fully saturated rings. The van der Waals surface area contributed by atoms with Crippen molar-refractivity contribution in [1.82, 2.24) is 4.98 Å². The summed E-state index contributed by atoms with van der Waals surface area (Å²) < 4.78 is 6.57. The lowest BCUT2D eigenvalue weighted by atomic mass is 10.1. The second kappa shape index (κ2) is 6.68. The summed E-state index contributed by atoms with van der Waals surface area (Å²) in [6.45, 7) is 2.43. The molecule has 1 atom stereocenters. The van der Waals surface area contributed by atoms with E-state index in [0.717, 1.165) is 15.8 Å². The van der Waals surface area contributed by atoms with Crippen molar-refractivity contribution >= 4 is 15.9 Å². The first-order chi connectivity index (χ1) is 9.15. The van der Waals surface area contributed by atoms with Crippen LogP contribution in [0.25, 0.3) is 0 Å². The van der Waals surface area contributed by atoms with Gasteiger partial charge in [0.05, 0.1) is 18.4 Å². The first-order valence-electron chi connectivity index (χ1n) is 6.14. The fraction of sp³-hybridized carbons (Fsp3) is 0.267. The lowest BCUT2D eigenvalue weighted by Gasteiger charge is -2.11. The number of pyridine rings is 1. The highest BCUT2D eigenvalue weighted by Crippen LogP contribution is 2.19. The number of aromatic nitrogens is 1. The number of aliphatic hydroxyl groups is 1. The summed E-state index contributed by atoms with van der Waals surface area (Å²) in [6, 6.07) is 11.5. The molecule has 1 heterocycles. The lowest BCUT2D eigenvalue weighted by molar-refractivity contribution is 0.137. The molecule has 19 heavy (non-hydrogen) atoms. The van der Waals surface area contributed by atoms with Crippen LogP contribution in [-0.4, -0.2) is 16.7 Å². The molecule has 0 saturated heterocycles. The van der Waals surface area contributed by atoms with Crippen LogP contribution in [0.2, 0.25) is 0 Å². The lowest BCUT2D eigenvalue weighted by Crippen LogP contribution is -2.07. The van der Waals surface area contributed by atoms with Crippen molar-refractivity contribution in [3.05, 3.63) is 58.3 Å². The first kappa shape index (κ1) is 14.0. The number of aryl methyl sites for hydroxylation is 1. The fourth-order valence-corrected chi connectivity index (χ4v) is 2.11. The van der Waals surface area contributed by atoms with Gasteiger partial charge in [-0.1, -0.05) is 22.0 Å². The van der Waals surface area contributed by atoms with E-state index in [-0.39, 0.29) is 0 Å². The van der Waals surface area contributed by atoms with Crippen molar-refractivity contribution in [3.63, 3.8) is 0 Å². The van der Waals surface area contributed by atoms with Gasteiger partial charge in [0.15, 0.2) is 0 Å². The molecule has 0 aliphatic heterocycles. The minimum Gasteiger partial charge on any atom is -0.493 e. The predicted octanol–water partition coefficient (Wildman–Crippen LogP) is 3.66. The Kier molecular flexibility index (Phi) is 4.93. The van der Waals surface area contributed by atoms with E-state index in [1.807, 2.05) is 43.3 Å². The maximum absolute atomic E-state index is 10.0. The molecule has 2 rings (SSSR count). The normalized spacial score (nSPS) is 12.2. The zero-order valence-electron chi connectivity index (χ0n) is 10.7. The summed E-state index contributed by atoms with van der Waals surface area (Å²) in [5.41, 5.74) is 1.79. The number of aliphatic hydroxyl groups excluding tert-OH is 1. The quantitative estimate of drug-likeness (QED) is 0.913. The van der Waals surface area contributed by atoms with Crippen LogP contribution in [0.3, 0.4) is 0 Å². The molecule has 1 aromatic heterocycles. The van der Waals surface area contributed by atoms with Crippen LogP contribution in [-0.2, 0) is 0 Å². The third kappa shape index (κ3) is 4.33. The number of hydrogen-bond donors (Lipinski definition) is 1. The molecule has 3 nitrogen and oxygen atoms in total. The van der Waals surface area contributed by atoms with Crippen LogP contribution >= 0.6 is 15.9 Å². The van der Waals surface area contributed by atoms with Crippen molar-refractivity contribution in [2.45, 2.75) is 19.4 Å². The summed E-state index contributed by atoms with van der Waals surface area (Å²) in [7, 11) is 0. The highest BCUT2D eigenvalue weighted by atomic mass is 79.9. The Balaban J connectivity index is 1.85. The van der Waals surface area contributed by atoms with E-state index in [1.54, 1.807) is 6.20 Å². The molecule has 0 saturated carbocycles. The van der Waals surface area contributed by atoms with E-state index >= 15 is 0 Å².